The Morgan fingerprint density at radius 1 is 0.750 bits per heavy atom. The van der Waals surface area contributed by atoms with Crippen molar-refractivity contribution in [2.24, 2.45) is 0 Å². The van der Waals surface area contributed by atoms with Crippen molar-refractivity contribution in [3.05, 3.63) is 60.7 Å². The molecule has 24 heavy (non-hydrogen) atoms. The zero-order valence-corrected chi connectivity index (χ0v) is 17.8. The topological polar surface area (TPSA) is 46.2 Å². The zero-order valence-electron chi connectivity index (χ0n) is 14.1. The normalized spacial score (nSPS) is 14.1. The lowest BCUT2D eigenvalue weighted by Gasteiger charge is -2.18. The molecule has 0 N–H and O–H groups in total. The maximum atomic E-state index is 5.97. The van der Waals surface area contributed by atoms with Gasteiger partial charge in [-0.05, 0) is 10.4 Å². The molecule has 0 fully saturated rings. The second kappa shape index (κ2) is 11.4. The van der Waals surface area contributed by atoms with Crippen LogP contribution in [0.15, 0.2) is 60.7 Å². The first-order chi connectivity index (χ1) is 11.8. The van der Waals surface area contributed by atoms with Gasteiger partial charge in [0, 0.05) is 14.2 Å². The molecule has 0 saturated heterocycles. The van der Waals surface area contributed by atoms with Crippen LogP contribution in [-0.2, 0) is 21.8 Å². The summed E-state index contributed by atoms with van der Waals surface area (Å²) in [4.78, 5) is 0. The highest BCUT2D eigenvalue weighted by atomic mass is 28.4. The molecular weight excluding hydrogens is 356 g/mol. The van der Waals surface area contributed by atoms with Gasteiger partial charge in [0.2, 0.25) is 0 Å². The van der Waals surface area contributed by atoms with E-state index in [1.165, 1.54) is 0 Å². The van der Waals surface area contributed by atoms with Gasteiger partial charge in [0.25, 0.3) is 10.0 Å². The molecule has 130 valence electrons. The fraction of sp³-hybridized carbons (Fsp3) is 0.250. The van der Waals surface area contributed by atoms with Crippen LogP contribution < -0.4 is 10.4 Å². The Hall–Kier alpha value is -1.11. The van der Waals surface area contributed by atoms with Crippen molar-refractivity contribution in [1.29, 1.82) is 0 Å². The van der Waals surface area contributed by atoms with E-state index < -0.39 is 28.6 Å². The summed E-state index contributed by atoms with van der Waals surface area (Å²) in [5, 5.41) is 2.24. The number of benzene rings is 2. The molecule has 0 aliphatic carbocycles. The molecule has 0 aliphatic heterocycles. The number of rotatable bonds is 11. The highest BCUT2D eigenvalue weighted by molar-refractivity contribution is 6.65. The van der Waals surface area contributed by atoms with E-state index >= 15 is 0 Å². The minimum absolute atomic E-state index is 0.490. The Morgan fingerprint density at radius 2 is 1.25 bits per heavy atom. The summed E-state index contributed by atoms with van der Waals surface area (Å²) in [6.45, 7) is 0.984. The predicted octanol–water partition coefficient (Wildman–Crippen LogP) is -0.417. The van der Waals surface area contributed by atoms with Crippen LogP contribution in [0.5, 0.6) is 0 Å². The van der Waals surface area contributed by atoms with Crippen LogP contribution in [0, 0.1) is 0 Å². The number of hydrogen-bond acceptors (Lipinski definition) is 5. The van der Waals surface area contributed by atoms with Gasteiger partial charge in [-0.3, -0.25) is 0 Å². The molecule has 0 saturated carbocycles. The van der Waals surface area contributed by atoms with Crippen molar-refractivity contribution in [2.45, 2.75) is 0 Å². The van der Waals surface area contributed by atoms with Crippen LogP contribution >= 0.6 is 0 Å². The van der Waals surface area contributed by atoms with Crippen molar-refractivity contribution in [2.75, 3.05) is 27.4 Å². The van der Waals surface area contributed by atoms with Crippen molar-refractivity contribution in [1.82, 2.24) is 0 Å². The molecule has 2 rings (SSSR count). The molecule has 0 radical (unpaired) electrons. The SMILES string of the molecule is CO[SiH2]O[SiH](OCCO[SiH](OC)c1ccccc1)c1ccccc1. The van der Waals surface area contributed by atoms with E-state index in [1.54, 1.807) is 14.2 Å². The molecular formula is C16H24O5Si3. The summed E-state index contributed by atoms with van der Waals surface area (Å²) in [5.74, 6) is 0. The van der Waals surface area contributed by atoms with Gasteiger partial charge in [0.1, 0.15) is 0 Å². The van der Waals surface area contributed by atoms with Crippen LogP contribution in [0.4, 0.5) is 0 Å². The summed E-state index contributed by atoms with van der Waals surface area (Å²) in [6.07, 6.45) is 0. The molecule has 0 amide bonds. The highest BCUT2D eigenvalue weighted by Crippen LogP contribution is 1.96. The van der Waals surface area contributed by atoms with Crippen molar-refractivity contribution >= 4 is 38.9 Å². The molecule has 2 aromatic rings. The fourth-order valence-electron chi connectivity index (χ4n) is 2.20. The molecule has 0 heterocycles. The fourth-order valence-corrected chi connectivity index (χ4v) is 6.88. The van der Waals surface area contributed by atoms with Crippen molar-refractivity contribution < 1.29 is 21.8 Å². The zero-order chi connectivity index (χ0) is 17.0. The monoisotopic (exact) mass is 380 g/mol. The lowest BCUT2D eigenvalue weighted by atomic mass is 10.4. The van der Waals surface area contributed by atoms with Gasteiger partial charge in [-0.25, -0.2) is 0 Å². The molecule has 0 spiro atoms. The Morgan fingerprint density at radius 3 is 1.75 bits per heavy atom. The number of hydrogen-bond donors (Lipinski definition) is 0. The van der Waals surface area contributed by atoms with Gasteiger partial charge < -0.3 is 21.8 Å². The Bertz CT molecular complexity index is 558. The molecule has 2 aromatic carbocycles. The van der Waals surface area contributed by atoms with E-state index in [-0.39, 0.29) is 0 Å². The largest absolute Gasteiger partial charge is 0.418 e. The highest BCUT2D eigenvalue weighted by Gasteiger charge is 2.18. The van der Waals surface area contributed by atoms with Gasteiger partial charge in [-0.1, -0.05) is 60.7 Å². The molecule has 0 aliphatic rings. The molecule has 2 unspecified atom stereocenters. The van der Waals surface area contributed by atoms with Gasteiger partial charge in [-0.15, -0.1) is 0 Å². The van der Waals surface area contributed by atoms with Gasteiger partial charge in [-0.2, -0.15) is 0 Å². The second-order valence-electron chi connectivity index (χ2n) is 5.04. The van der Waals surface area contributed by atoms with Gasteiger partial charge >= 0.3 is 18.6 Å². The average Bonchev–Trinajstić information content (AvgIpc) is 2.65. The second-order valence-corrected chi connectivity index (χ2v) is 11.0. The summed E-state index contributed by atoms with van der Waals surface area (Å²) >= 11 is 0. The average molecular weight is 381 g/mol. The summed E-state index contributed by atoms with van der Waals surface area (Å²) in [6, 6.07) is 20.1. The third kappa shape index (κ3) is 6.42. The summed E-state index contributed by atoms with van der Waals surface area (Å²) < 4.78 is 28.4. The van der Waals surface area contributed by atoms with Gasteiger partial charge in [0.05, 0.1) is 13.2 Å². The quantitative estimate of drug-likeness (QED) is 0.392. The maximum absolute atomic E-state index is 5.97. The van der Waals surface area contributed by atoms with Crippen LogP contribution in [0.2, 0.25) is 0 Å². The summed E-state index contributed by atoms with van der Waals surface area (Å²) in [7, 11) is -1.40. The molecule has 0 aromatic heterocycles. The van der Waals surface area contributed by atoms with E-state index in [0.717, 1.165) is 10.4 Å². The van der Waals surface area contributed by atoms with E-state index in [2.05, 4.69) is 0 Å². The van der Waals surface area contributed by atoms with Crippen molar-refractivity contribution in [3.63, 3.8) is 0 Å². The third-order valence-corrected chi connectivity index (χ3v) is 8.67. The summed E-state index contributed by atoms with van der Waals surface area (Å²) in [5.41, 5.74) is 0. The van der Waals surface area contributed by atoms with E-state index in [0.29, 0.717) is 13.2 Å². The minimum Gasteiger partial charge on any atom is -0.418 e. The van der Waals surface area contributed by atoms with Crippen LogP contribution in [0.1, 0.15) is 0 Å². The van der Waals surface area contributed by atoms with Crippen LogP contribution in [0.25, 0.3) is 0 Å². The smallest absolute Gasteiger partial charge is 0.355 e. The van der Waals surface area contributed by atoms with E-state index in [4.69, 9.17) is 21.8 Å². The molecule has 0 bridgehead atoms. The van der Waals surface area contributed by atoms with E-state index in [1.807, 2.05) is 60.7 Å². The minimum atomic E-state index is -1.92. The standard InChI is InChI=1S/C16H24O5Si3/c1-17-22-21-24(16-11-7-4-8-12-16)20-14-13-19-23(18-2)15-9-5-3-6-10-15/h3-12,23-24H,13-14,22H2,1-2H3. The Labute approximate surface area is 149 Å². The molecule has 8 heteroatoms. The maximum Gasteiger partial charge on any atom is 0.355 e. The van der Waals surface area contributed by atoms with Gasteiger partial charge in [0.15, 0.2) is 0 Å². The van der Waals surface area contributed by atoms with Crippen molar-refractivity contribution in [3.8, 4) is 0 Å². The Balaban J connectivity index is 1.81. The van der Waals surface area contributed by atoms with E-state index in [9.17, 15) is 0 Å². The first-order valence-electron chi connectivity index (χ1n) is 7.81. The van der Waals surface area contributed by atoms with Crippen LogP contribution in [0.3, 0.4) is 0 Å². The lowest BCUT2D eigenvalue weighted by molar-refractivity contribution is 0.172. The van der Waals surface area contributed by atoms with Crippen LogP contribution in [-0.4, -0.2) is 56.0 Å². The Kier molecular flexibility index (Phi) is 9.17. The first kappa shape index (κ1) is 19.2. The first-order valence-corrected chi connectivity index (χ1v) is 12.0. The lowest BCUT2D eigenvalue weighted by Crippen LogP contribution is -2.40. The molecule has 5 nitrogen and oxygen atoms in total. The third-order valence-electron chi connectivity index (χ3n) is 3.32. The molecule has 2 atom stereocenters. The predicted molar refractivity (Wildman–Crippen MR) is 102 cm³/mol.